The zero-order chi connectivity index (χ0) is 14.4. The molecule has 2 rings (SSSR count). The van der Waals surface area contributed by atoms with Gasteiger partial charge in [0, 0.05) is 13.0 Å². The summed E-state index contributed by atoms with van der Waals surface area (Å²) in [5.74, 6) is 0.647. The molecule has 1 atom stereocenters. The maximum Gasteiger partial charge on any atom is 0.145 e. The normalized spacial score (nSPS) is 11.9. The minimum Gasteiger partial charge on any atom is -0.497 e. The van der Waals surface area contributed by atoms with Crippen LogP contribution in [-0.2, 0) is 11.2 Å². The van der Waals surface area contributed by atoms with Crippen molar-refractivity contribution in [2.24, 2.45) is 5.73 Å². The van der Waals surface area contributed by atoms with Crippen molar-refractivity contribution in [3.63, 3.8) is 0 Å². The second-order valence-electron chi connectivity index (χ2n) is 4.69. The number of methoxy groups -OCH3 is 1. The first-order chi connectivity index (χ1) is 9.74. The lowest BCUT2D eigenvalue weighted by molar-refractivity contribution is -0.119. The van der Waals surface area contributed by atoms with E-state index in [0.717, 1.165) is 16.9 Å². The van der Waals surface area contributed by atoms with Crippen molar-refractivity contribution in [1.29, 1.82) is 0 Å². The molecule has 2 aromatic carbocycles. The van der Waals surface area contributed by atoms with Crippen LogP contribution in [0, 0.1) is 0 Å². The molecule has 0 heterocycles. The first-order valence-corrected chi connectivity index (χ1v) is 6.65. The summed E-state index contributed by atoms with van der Waals surface area (Å²) < 4.78 is 5.17. The molecule has 0 aliphatic rings. The van der Waals surface area contributed by atoms with Gasteiger partial charge < -0.3 is 10.5 Å². The number of benzene rings is 2. The van der Waals surface area contributed by atoms with E-state index in [1.54, 1.807) is 7.11 Å². The highest BCUT2D eigenvalue weighted by Crippen LogP contribution is 2.19. The fourth-order valence-corrected chi connectivity index (χ4v) is 2.25. The molecule has 3 nitrogen and oxygen atoms in total. The van der Waals surface area contributed by atoms with Gasteiger partial charge in [-0.15, -0.1) is 0 Å². The van der Waals surface area contributed by atoms with Crippen LogP contribution in [0.15, 0.2) is 54.6 Å². The molecule has 2 N–H and O–H groups in total. The number of ketones is 1. The molecule has 20 heavy (non-hydrogen) atoms. The van der Waals surface area contributed by atoms with E-state index in [0.29, 0.717) is 13.0 Å². The third-order valence-electron chi connectivity index (χ3n) is 3.34. The van der Waals surface area contributed by atoms with Gasteiger partial charge in [-0.05, 0) is 23.3 Å². The van der Waals surface area contributed by atoms with Gasteiger partial charge in [0.05, 0.1) is 13.0 Å². The van der Waals surface area contributed by atoms with Crippen molar-refractivity contribution in [2.75, 3.05) is 13.7 Å². The Hall–Kier alpha value is -2.13. The summed E-state index contributed by atoms with van der Waals surface area (Å²) in [6.07, 6.45) is 0.369. The highest BCUT2D eigenvalue weighted by Gasteiger charge is 2.18. The smallest absolute Gasteiger partial charge is 0.145 e. The van der Waals surface area contributed by atoms with Gasteiger partial charge in [-0.2, -0.15) is 0 Å². The van der Waals surface area contributed by atoms with Gasteiger partial charge in [-0.1, -0.05) is 42.5 Å². The van der Waals surface area contributed by atoms with Crippen molar-refractivity contribution in [1.82, 2.24) is 0 Å². The van der Waals surface area contributed by atoms with Gasteiger partial charge in [0.1, 0.15) is 11.5 Å². The summed E-state index contributed by atoms with van der Waals surface area (Å²) in [5.41, 5.74) is 7.69. The van der Waals surface area contributed by atoms with Gasteiger partial charge in [-0.3, -0.25) is 4.79 Å². The zero-order valence-corrected chi connectivity index (χ0v) is 11.6. The highest BCUT2D eigenvalue weighted by molar-refractivity contribution is 5.88. The van der Waals surface area contributed by atoms with Gasteiger partial charge in [0.15, 0.2) is 0 Å². The van der Waals surface area contributed by atoms with E-state index in [9.17, 15) is 4.79 Å². The van der Waals surface area contributed by atoms with E-state index in [-0.39, 0.29) is 11.7 Å². The summed E-state index contributed by atoms with van der Waals surface area (Å²) in [5, 5.41) is 0. The molecule has 0 spiro atoms. The summed E-state index contributed by atoms with van der Waals surface area (Å²) in [6, 6.07) is 17.3. The lowest BCUT2D eigenvalue weighted by atomic mass is 9.91. The molecule has 0 aliphatic carbocycles. The number of ether oxygens (including phenoxy) is 1. The van der Waals surface area contributed by atoms with Crippen LogP contribution in [0.25, 0.3) is 0 Å². The van der Waals surface area contributed by atoms with Crippen LogP contribution in [0.1, 0.15) is 17.0 Å². The van der Waals surface area contributed by atoms with Crippen molar-refractivity contribution < 1.29 is 9.53 Å². The van der Waals surface area contributed by atoms with Crippen LogP contribution in [0.3, 0.4) is 0 Å². The number of rotatable bonds is 6. The Morgan fingerprint density at radius 3 is 2.55 bits per heavy atom. The van der Waals surface area contributed by atoms with Crippen LogP contribution in [-0.4, -0.2) is 19.4 Å². The first-order valence-electron chi connectivity index (χ1n) is 6.65. The number of Topliss-reactive ketones (excluding diaryl/α,β-unsaturated/α-hetero) is 1. The van der Waals surface area contributed by atoms with Crippen LogP contribution in [0.5, 0.6) is 5.75 Å². The van der Waals surface area contributed by atoms with Gasteiger partial charge in [0.25, 0.3) is 0 Å². The Morgan fingerprint density at radius 1 is 1.15 bits per heavy atom. The number of carbonyl (C=O) groups is 1. The van der Waals surface area contributed by atoms with Crippen LogP contribution in [0.4, 0.5) is 0 Å². The number of hydrogen-bond donors (Lipinski definition) is 1. The molecule has 0 amide bonds. The Labute approximate surface area is 119 Å². The van der Waals surface area contributed by atoms with E-state index >= 15 is 0 Å². The monoisotopic (exact) mass is 269 g/mol. The Balaban J connectivity index is 2.13. The van der Waals surface area contributed by atoms with Crippen molar-refractivity contribution in [2.45, 2.75) is 12.3 Å². The third kappa shape index (κ3) is 3.45. The Kier molecular flexibility index (Phi) is 4.91. The molecule has 0 radical (unpaired) electrons. The molecular weight excluding hydrogens is 250 g/mol. The minimum atomic E-state index is -0.248. The summed E-state index contributed by atoms with van der Waals surface area (Å²) in [6.45, 7) is 0.326. The van der Waals surface area contributed by atoms with Crippen molar-refractivity contribution in [3.8, 4) is 5.75 Å². The van der Waals surface area contributed by atoms with E-state index in [4.69, 9.17) is 10.5 Å². The van der Waals surface area contributed by atoms with Crippen molar-refractivity contribution in [3.05, 3.63) is 65.7 Å². The zero-order valence-electron chi connectivity index (χ0n) is 11.6. The molecular formula is C17H19NO2. The SMILES string of the molecule is COc1cccc(CC(=O)C(CN)c2ccccc2)c1. The summed E-state index contributed by atoms with van der Waals surface area (Å²) in [7, 11) is 1.62. The van der Waals surface area contributed by atoms with Crippen molar-refractivity contribution >= 4 is 5.78 Å². The molecule has 0 aromatic heterocycles. The third-order valence-corrected chi connectivity index (χ3v) is 3.34. The average Bonchev–Trinajstić information content (AvgIpc) is 2.49. The van der Waals surface area contributed by atoms with E-state index in [2.05, 4.69) is 0 Å². The maximum absolute atomic E-state index is 12.4. The maximum atomic E-state index is 12.4. The molecule has 0 saturated carbocycles. The lowest BCUT2D eigenvalue weighted by Crippen LogP contribution is -2.23. The summed E-state index contributed by atoms with van der Waals surface area (Å²) >= 11 is 0. The first kappa shape index (κ1) is 14.3. The quantitative estimate of drug-likeness (QED) is 0.876. The van der Waals surface area contributed by atoms with Crippen LogP contribution < -0.4 is 10.5 Å². The second-order valence-corrected chi connectivity index (χ2v) is 4.69. The Bertz CT molecular complexity index is 566. The molecule has 1 unspecified atom stereocenters. The van der Waals surface area contributed by atoms with E-state index in [1.165, 1.54) is 0 Å². The number of nitrogens with two attached hydrogens (primary N) is 1. The largest absolute Gasteiger partial charge is 0.497 e. The fourth-order valence-electron chi connectivity index (χ4n) is 2.25. The van der Waals surface area contributed by atoms with Gasteiger partial charge in [-0.25, -0.2) is 0 Å². The molecule has 104 valence electrons. The van der Waals surface area contributed by atoms with Gasteiger partial charge >= 0.3 is 0 Å². The minimum absolute atomic E-state index is 0.131. The summed E-state index contributed by atoms with van der Waals surface area (Å²) in [4.78, 5) is 12.4. The van der Waals surface area contributed by atoms with Crippen LogP contribution in [0.2, 0.25) is 0 Å². The van der Waals surface area contributed by atoms with E-state index in [1.807, 2.05) is 54.6 Å². The molecule has 0 aliphatic heterocycles. The predicted octanol–water partition coefficient (Wildman–Crippen LogP) is 2.55. The fraction of sp³-hybridized carbons (Fsp3) is 0.235. The molecule has 0 fully saturated rings. The van der Waals surface area contributed by atoms with E-state index < -0.39 is 0 Å². The number of carbonyl (C=O) groups excluding carboxylic acids is 1. The van der Waals surface area contributed by atoms with Crippen LogP contribution >= 0.6 is 0 Å². The highest BCUT2D eigenvalue weighted by atomic mass is 16.5. The Morgan fingerprint density at radius 2 is 1.90 bits per heavy atom. The molecule has 0 saturated heterocycles. The second kappa shape index (κ2) is 6.87. The molecule has 2 aromatic rings. The standard InChI is InChI=1S/C17H19NO2/c1-20-15-9-5-6-13(10-15)11-17(19)16(12-18)14-7-3-2-4-8-14/h2-10,16H,11-12,18H2,1H3. The lowest BCUT2D eigenvalue weighted by Gasteiger charge is -2.14. The number of hydrogen-bond acceptors (Lipinski definition) is 3. The molecule has 0 bridgehead atoms. The average molecular weight is 269 g/mol. The molecule has 3 heteroatoms. The topological polar surface area (TPSA) is 52.3 Å². The predicted molar refractivity (Wildman–Crippen MR) is 79.9 cm³/mol. The van der Waals surface area contributed by atoms with Gasteiger partial charge in [0.2, 0.25) is 0 Å².